The molecule has 16 heavy (non-hydrogen) atoms. The van der Waals surface area contributed by atoms with Crippen LogP contribution in [0.2, 0.25) is 0 Å². The summed E-state index contributed by atoms with van der Waals surface area (Å²) in [7, 11) is 0. The van der Waals surface area contributed by atoms with Gasteiger partial charge in [-0.05, 0) is 35.7 Å². The van der Waals surface area contributed by atoms with Gasteiger partial charge in [0.1, 0.15) is 5.75 Å². The molecule has 0 saturated carbocycles. The summed E-state index contributed by atoms with van der Waals surface area (Å²) in [4.78, 5) is 11.8. The first-order valence-corrected chi connectivity index (χ1v) is 6.61. The van der Waals surface area contributed by atoms with Crippen LogP contribution >= 0.6 is 23.1 Å². The molecule has 82 valence electrons. The van der Waals surface area contributed by atoms with Gasteiger partial charge in [-0.3, -0.25) is 4.79 Å². The number of benzene rings is 1. The molecule has 0 aliphatic heterocycles. The van der Waals surface area contributed by atoms with E-state index in [1.54, 1.807) is 35.2 Å². The second kappa shape index (κ2) is 5.18. The second-order valence-corrected chi connectivity index (χ2v) is 5.41. The number of aromatic hydroxyl groups is 1. The first-order chi connectivity index (χ1) is 7.75. The molecule has 2 aromatic rings. The van der Waals surface area contributed by atoms with Gasteiger partial charge >= 0.3 is 0 Å². The molecule has 1 N–H and O–H groups in total. The van der Waals surface area contributed by atoms with Crippen molar-refractivity contribution in [2.24, 2.45) is 0 Å². The van der Waals surface area contributed by atoms with E-state index in [-0.39, 0.29) is 11.5 Å². The van der Waals surface area contributed by atoms with Crippen molar-refractivity contribution in [3.05, 3.63) is 47.3 Å². The Morgan fingerprint density at radius 1 is 1.25 bits per heavy atom. The van der Waals surface area contributed by atoms with Gasteiger partial charge < -0.3 is 5.11 Å². The largest absolute Gasteiger partial charge is 0.508 e. The van der Waals surface area contributed by atoms with E-state index in [1.165, 1.54) is 12.1 Å². The number of ketones is 1. The number of thioether (sulfide) groups is 1. The van der Waals surface area contributed by atoms with E-state index in [9.17, 15) is 4.79 Å². The quantitative estimate of drug-likeness (QED) is 0.667. The monoisotopic (exact) mass is 250 g/mol. The molecule has 0 unspecified atom stereocenters. The summed E-state index contributed by atoms with van der Waals surface area (Å²) in [6.07, 6.45) is 0. The predicted molar refractivity (Wildman–Crippen MR) is 67.5 cm³/mol. The van der Waals surface area contributed by atoms with E-state index >= 15 is 0 Å². The molecule has 1 heterocycles. The Morgan fingerprint density at radius 3 is 2.62 bits per heavy atom. The Bertz CT molecular complexity index is 460. The van der Waals surface area contributed by atoms with Gasteiger partial charge in [-0.1, -0.05) is 6.07 Å². The molecule has 1 aromatic carbocycles. The average Bonchev–Trinajstić information content (AvgIpc) is 2.80. The highest BCUT2D eigenvalue weighted by Gasteiger charge is 2.06. The zero-order valence-electron chi connectivity index (χ0n) is 8.42. The molecule has 2 nitrogen and oxygen atoms in total. The summed E-state index contributed by atoms with van der Waals surface area (Å²) in [6, 6.07) is 10.3. The van der Waals surface area contributed by atoms with Crippen molar-refractivity contribution < 1.29 is 9.90 Å². The fourth-order valence-corrected chi connectivity index (χ4v) is 2.89. The third kappa shape index (κ3) is 2.87. The summed E-state index contributed by atoms with van der Waals surface area (Å²) in [6.45, 7) is 0. The van der Waals surface area contributed by atoms with Crippen LogP contribution in [0.15, 0.2) is 46.0 Å². The minimum absolute atomic E-state index is 0.0819. The molecule has 0 aliphatic rings. The fourth-order valence-electron chi connectivity index (χ4n) is 1.21. The first-order valence-electron chi connectivity index (χ1n) is 4.74. The van der Waals surface area contributed by atoms with Gasteiger partial charge in [-0.2, -0.15) is 0 Å². The first kappa shape index (κ1) is 11.2. The highest BCUT2D eigenvalue weighted by atomic mass is 32.2. The number of hydrogen-bond acceptors (Lipinski definition) is 4. The van der Waals surface area contributed by atoms with Gasteiger partial charge in [0.2, 0.25) is 0 Å². The highest BCUT2D eigenvalue weighted by molar-refractivity contribution is 8.01. The summed E-state index contributed by atoms with van der Waals surface area (Å²) in [5, 5.41) is 11.1. The topological polar surface area (TPSA) is 37.3 Å². The molecule has 0 amide bonds. The van der Waals surface area contributed by atoms with Crippen LogP contribution in [0.3, 0.4) is 0 Å². The van der Waals surface area contributed by atoms with Gasteiger partial charge in [0.15, 0.2) is 5.78 Å². The standard InChI is InChI=1S/C12H10O2S2/c13-10-5-3-9(4-6-10)11(14)8-16-12-2-1-7-15-12/h1-7,13H,8H2. The van der Waals surface area contributed by atoms with Gasteiger partial charge in [0.05, 0.1) is 9.96 Å². The van der Waals surface area contributed by atoms with E-state index < -0.39 is 0 Å². The third-order valence-electron chi connectivity index (χ3n) is 2.03. The number of carbonyl (C=O) groups excluding carboxylic acids is 1. The van der Waals surface area contributed by atoms with E-state index in [4.69, 9.17) is 5.11 Å². The lowest BCUT2D eigenvalue weighted by Gasteiger charge is -1.99. The van der Waals surface area contributed by atoms with E-state index in [1.807, 2.05) is 17.5 Å². The van der Waals surface area contributed by atoms with E-state index in [2.05, 4.69) is 0 Å². The van der Waals surface area contributed by atoms with Crippen molar-refractivity contribution in [1.82, 2.24) is 0 Å². The zero-order chi connectivity index (χ0) is 11.4. The number of hydrogen-bond donors (Lipinski definition) is 1. The van der Waals surface area contributed by atoms with Crippen LogP contribution in [0.5, 0.6) is 5.75 Å². The zero-order valence-corrected chi connectivity index (χ0v) is 10.1. The van der Waals surface area contributed by atoms with Gasteiger partial charge in [-0.25, -0.2) is 0 Å². The van der Waals surface area contributed by atoms with Crippen LogP contribution in [-0.4, -0.2) is 16.6 Å². The smallest absolute Gasteiger partial charge is 0.173 e. The molecule has 0 fully saturated rings. The summed E-state index contributed by atoms with van der Waals surface area (Å²) in [5.41, 5.74) is 0.641. The van der Waals surface area contributed by atoms with E-state index in [0.717, 1.165) is 4.21 Å². The van der Waals surface area contributed by atoms with Crippen molar-refractivity contribution in [1.29, 1.82) is 0 Å². The number of phenols is 1. The molecule has 0 aliphatic carbocycles. The number of phenolic OH excluding ortho intramolecular Hbond substituents is 1. The van der Waals surface area contributed by atoms with Crippen molar-refractivity contribution in [2.45, 2.75) is 4.21 Å². The molecule has 4 heteroatoms. The molecular formula is C12H10O2S2. The van der Waals surface area contributed by atoms with Crippen LogP contribution in [0.25, 0.3) is 0 Å². The van der Waals surface area contributed by atoms with Crippen LogP contribution in [-0.2, 0) is 0 Å². The van der Waals surface area contributed by atoms with Crippen LogP contribution in [0.1, 0.15) is 10.4 Å². The Kier molecular flexibility index (Phi) is 3.64. The lowest BCUT2D eigenvalue weighted by Crippen LogP contribution is -2.01. The molecule has 2 rings (SSSR count). The van der Waals surface area contributed by atoms with Crippen molar-refractivity contribution >= 4 is 28.9 Å². The normalized spacial score (nSPS) is 10.2. The molecule has 1 aromatic heterocycles. The summed E-state index contributed by atoms with van der Waals surface area (Å²) >= 11 is 3.17. The Balaban J connectivity index is 1.95. The summed E-state index contributed by atoms with van der Waals surface area (Å²) in [5.74, 6) is 0.700. The van der Waals surface area contributed by atoms with E-state index in [0.29, 0.717) is 11.3 Å². The molecule has 0 spiro atoms. The number of rotatable bonds is 4. The molecule has 0 atom stereocenters. The minimum Gasteiger partial charge on any atom is -0.508 e. The number of thiophene rings is 1. The SMILES string of the molecule is O=C(CSc1cccs1)c1ccc(O)cc1. The maximum Gasteiger partial charge on any atom is 0.173 e. The van der Waals surface area contributed by atoms with Crippen molar-refractivity contribution in [3.8, 4) is 5.75 Å². The average molecular weight is 250 g/mol. The van der Waals surface area contributed by atoms with Gasteiger partial charge in [0.25, 0.3) is 0 Å². The van der Waals surface area contributed by atoms with Crippen LogP contribution < -0.4 is 0 Å². The Morgan fingerprint density at radius 2 is 2.00 bits per heavy atom. The van der Waals surface area contributed by atoms with Crippen LogP contribution in [0.4, 0.5) is 0 Å². The van der Waals surface area contributed by atoms with Crippen molar-refractivity contribution in [3.63, 3.8) is 0 Å². The third-order valence-corrected chi connectivity index (χ3v) is 4.16. The second-order valence-electron chi connectivity index (χ2n) is 3.19. The van der Waals surface area contributed by atoms with Crippen molar-refractivity contribution in [2.75, 3.05) is 5.75 Å². The molecular weight excluding hydrogens is 240 g/mol. The van der Waals surface area contributed by atoms with Gasteiger partial charge in [-0.15, -0.1) is 23.1 Å². The summed E-state index contributed by atoms with van der Waals surface area (Å²) < 4.78 is 1.15. The number of carbonyl (C=O) groups is 1. The number of Topliss-reactive ketones (excluding diaryl/α,β-unsaturated/α-hetero) is 1. The highest BCUT2D eigenvalue weighted by Crippen LogP contribution is 2.24. The molecule has 0 radical (unpaired) electrons. The maximum absolute atomic E-state index is 11.8. The Labute approximate surface area is 102 Å². The maximum atomic E-state index is 11.8. The molecule has 0 bridgehead atoms. The lowest BCUT2D eigenvalue weighted by atomic mass is 10.1. The Hall–Kier alpha value is -1.26. The van der Waals surface area contributed by atoms with Gasteiger partial charge in [0, 0.05) is 5.56 Å². The predicted octanol–water partition coefficient (Wildman–Crippen LogP) is 3.43. The fraction of sp³-hybridized carbons (Fsp3) is 0.0833. The lowest BCUT2D eigenvalue weighted by molar-refractivity contribution is 0.102. The molecule has 0 saturated heterocycles. The van der Waals surface area contributed by atoms with Crippen LogP contribution in [0, 0.1) is 0 Å². The minimum atomic E-state index is 0.0819.